The molecule has 2 aromatic carbocycles. The van der Waals surface area contributed by atoms with Gasteiger partial charge in [-0.2, -0.15) is 0 Å². The first kappa shape index (κ1) is 15.9. The molecule has 0 aliphatic heterocycles. The molecule has 4 nitrogen and oxygen atoms in total. The summed E-state index contributed by atoms with van der Waals surface area (Å²) in [6.45, 7) is 0. The topological polar surface area (TPSA) is 44.8 Å². The molecular formula is C17H15ClO4. The first-order chi connectivity index (χ1) is 10.6. The van der Waals surface area contributed by atoms with E-state index in [2.05, 4.69) is 0 Å². The summed E-state index contributed by atoms with van der Waals surface area (Å²) < 4.78 is 15.5. The van der Waals surface area contributed by atoms with Crippen molar-refractivity contribution in [3.05, 3.63) is 59.1 Å². The van der Waals surface area contributed by atoms with E-state index in [-0.39, 0.29) is 0 Å². The van der Waals surface area contributed by atoms with Crippen LogP contribution in [0.1, 0.15) is 5.56 Å². The average molecular weight is 319 g/mol. The van der Waals surface area contributed by atoms with Crippen LogP contribution in [0.5, 0.6) is 17.2 Å². The molecule has 0 radical (unpaired) electrons. The van der Waals surface area contributed by atoms with Crippen LogP contribution in [0, 0.1) is 0 Å². The number of hydrogen-bond acceptors (Lipinski definition) is 4. The van der Waals surface area contributed by atoms with Crippen molar-refractivity contribution in [1.29, 1.82) is 0 Å². The highest BCUT2D eigenvalue weighted by Gasteiger charge is 2.04. The van der Waals surface area contributed by atoms with E-state index >= 15 is 0 Å². The number of carbonyl (C=O) groups excluding carboxylic acids is 1. The summed E-state index contributed by atoms with van der Waals surface area (Å²) in [6.07, 6.45) is 2.95. The third-order valence-electron chi connectivity index (χ3n) is 2.87. The van der Waals surface area contributed by atoms with Crippen molar-refractivity contribution in [2.75, 3.05) is 14.2 Å². The third kappa shape index (κ3) is 4.27. The second-order valence-corrected chi connectivity index (χ2v) is 4.75. The molecule has 0 atom stereocenters. The fraction of sp³-hybridized carbons (Fsp3) is 0.118. The van der Waals surface area contributed by atoms with Crippen molar-refractivity contribution in [2.24, 2.45) is 0 Å². The molecule has 0 N–H and O–H groups in total. The zero-order valence-electron chi connectivity index (χ0n) is 12.2. The van der Waals surface area contributed by atoms with Crippen molar-refractivity contribution >= 4 is 23.6 Å². The smallest absolute Gasteiger partial charge is 0.336 e. The van der Waals surface area contributed by atoms with Gasteiger partial charge in [0.25, 0.3) is 0 Å². The molecule has 2 aromatic rings. The van der Waals surface area contributed by atoms with Gasteiger partial charge in [0.1, 0.15) is 17.2 Å². The zero-order chi connectivity index (χ0) is 15.9. The van der Waals surface area contributed by atoms with Crippen molar-refractivity contribution in [1.82, 2.24) is 0 Å². The van der Waals surface area contributed by atoms with Gasteiger partial charge >= 0.3 is 5.97 Å². The van der Waals surface area contributed by atoms with Gasteiger partial charge < -0.3 is 14.2 Å². The number of halogens is 1. The maximum absolute atomic E-state index is 11.8. The summed E-state index contributed by atoms with van der Waals surface area (Å²) in [7, 11) is 3.13. The van der Waals surface area contributed by atoms with Crippen LogP contribution in [0.15, 0.2) is 48.5 Å². The van der Waals surface area contributed by atoms with Crippen LogP contribution in [-0.4, -0.2) is 20.2 Å². The van der Waals surface area contributed by atoms with Crippen molar-refractivity contribution in [3.8, 4) is 17.2 Å². The van der Waals surface area contributed by atoms with Gasteiger partial charge in [-0.05, 0) is 42.5 Å². The Morgan fingerprint density at radius 1 is 1.00 bits per heavy atom. The van der Waals surface area contributed by atoms with Crippen LogP contribution in [0.2, 0.25) is 5.02 Å². The minimum atomic E-state index is -0.486. The number of rotatable bonds is 5. The average Bonchev–Trinajstić information content (AvgIpc) is 2.55. The SMILES string of the molecule is COc1ccc(/C=C/C(=O)Oc2ccc(Cl)cc2)c(OC)c1. The van der Waals surface area contributed by atoms with Gasteiger partial charge in [-0.25, -0.2) is 4.79 Å². The Kier molecular flexibility index (Phi) is 5.44. The highest BCUT2D eigenvalue weighted by atomic mass is 35.5. The molecule has 0 aliphatic carbocycles. The molecule has 114 valence electrons. The summed E-state index contributed by atoms with van der Waals surface area (Å²) in [5, 5.41) is 0.582. The summed E-state index contributed by atoms with van der Waals surface area (Å²) in [4.78, 5) is 11.8. The number of methoxy groups -OCH3 is 2. The monoisotopic (exact) mass is 318 g/mol. The Morgan fingerprint density at radius 2 is 1.68 bits per heavy atom. The lowest BCUT2D eigenvalue weighted by atomic mass is 10.2. The normalized spacial score (nSPS) is 10.5. The second kappa shape index (κ2) is 7.52. The molecule has 0 saturated carbocycles. The molecule has 0 saturated heterocycles. The minimum Gasteiger partial charge on any atom is -0.497 e. The Morgan fingerprint density at radius 3 is 2.32 bits per heavy atom. The van der Waals surface area contributed by atoms with E-state index < -0.39 is 5.97 Å². The number of carbonyl (C=O) groups is 1. The van der Waals surface area contributed by atoms with Crippen LogP contribution in [0.25, 0.3) is 6.08 Å². The van der Waals surface area contributed by atoms with Gasteiger partial charge in [0.2, 0.25) is 0 Å². The van der Waals surface area contributed by atoms with Gasteiger partial charge in [0, 0.05) is 22.7 Å². The van der Waals surface area contributed by atoms with Crippen molar-refractivity contribution in [3.63, 3.8) is 0 Å². The van der Waals surface area contributed by atoms with Gasteiger partial charge in [-0.3, -0.25) is 0 Å². The molecule has 22 heavy (non-hydrogen) atoms. The molecule has 0 bridgehead atoms. The first-order valence-electron chi connectivity index (χ1n) is 6.50. The summed E-state index contributed by atoms with van der Waals surface area (Å²) in [5.41, 5.74) is 0.747. The van der Waals surface area contributed by atoms with Crippen molar-refractivity contribution < 1.29 is 19.0 Å². The van der Waals surface area contributed by atoms with Crippen LogP contribution in [0.3, 0.4) is 0 Å². The van der Waals surface area contributed by atoms with E-state index in [0.717, 1.165) is 5.56 Å². The molecule has 0 unspecified atom stereocenters. The molecule has 0 aromatic heterocycles. The van der Waals surface area contributed by atoms with Crippen LogP contribution in [0.4, 0.5) is 0 Å². The van der Waals surface area contributed by atoms with E-state index in [9.17, 15) is 4.79 Å². The molecule has 0 fully saturated rings. The van der Waals surface area contributed by atoms with Gasteiger partial charge in [-0.1, -0.05) is 11.6 Å². The lowest BCUT2D eigenvalue weighted by molar-refractivity contribution is -0.128. The fourth-order valence-corrected chi connectivity index (χ4v) is 1.89. The van der Waals surface area contributed by atoms with Crippen molar-refractivity contribution in [2.45, 2.75) is 0 Å². The second-order valence-electron chi connectivity index (χ2n) is 4.32. The summed E-state index contributed by atoms with van der Waals surface area (Å²) >= 11 is 5.77. The maximum Gasteiger partial charge on any atom is 0.336 e. The quantitative estimate of drug-likeness (QED) is 0.475. The minimum absolute atomic E-state index is 0.431. The highest BCUT2D eigenvalue weighted by molar-refractivity contribution is 6.30. The molecule has 0 spiro atoms. The largest absolute Gasteiger partial charge is 0.497 e. The molecule has 5 heteroatoms. The number of esters is 1. The first-order valence-corrected chi connectivity index (χ1v) is 6.87. The summed E-state index contributed by atoms with van der Waals surface area (Å²) in [5.74, 6) is 1.23. The van der Waals surface area contributed by atoms with Crippen LogP contribution >= 0.6 is 11.6 Å². The number of ether oxygens (including phenoxy) is 3. The van der Waals surface area contributed by atoms with Gasteiger partial charge in [0.15, 0.2) is 0 Å². The molecule has 0 amide bonds. The fourth-order valence-electron chi connectivity index (χ4n) is 1.77. The molecule has 0 heterocycles. The third-order valence-corrected chi connectivity index (χ3v) is 3.12. The maximum atomic E-state index is 11.8. The summed E-state index contributed by atoms with van der Waals surface area (Å²) in [6, 6.07) is 11.9. The lowest BCUT2D eigenvalue weighted by Crippen LogP contribution is -2.03. The molecule has 0 aliphatic rings. The van der Waals surface area contributed by atoms with Gasteiger partial charge in [-0.15, -0.1) is 0 Å². The zero-order valence-corrected chi connectivity index (χ0v) is 13.0. The number of hydrogen-bond donors (Lipinski definition) is 0. The van der Waals surface area contributed by atoms with E-state index in [1.165, 1.54) is 6.08 Å². The Bertz CT molecular complexity index is 678. The Balaban J connectivity index is 2.07. The van der Waals surface area contributed by atoms with E-state index in [1.807, 2.05) is 0 Å². The highest BCUT2D eigenvalue weighted by Crippen LogP contribution is 2.25. The van der Waals surface area contributed by atoms with Gasteiger partial charge in [0.05, 0.1) is 14.2 Å². The van der Waals surface area contributed by atoms with E-state index in [0.29, 0.717) is 22.3 Å². The Hall–Kier alpha value is -2.46. The standard InChI is InChI=1S/C17H15ClO4/c1-20-15-7-3-12(16(11-15)21-2)4-10-17(19)22-14-8-5-13(18)6-9-14/h3-11H,1-2H3/b10-4+. The van der Waals surface area contributed by atoms with Crippen LogP contribution in [-0.2, 0) is 4.79 Å². The predicted octanol–water partition coefficient (Wildman–Crippen LogP) is 3.98. The predicted molar refractivity (Wildman–Crippen MR) is 85.7 cm³/mol. The Labute approximate surface area is 133 Å². The lowest BCUT2D eigenvalue weighted by Gasteiger charge is -2.07. The number of benzene rings is 2. The van der Waals surface area contributed by atoms with Crippen LogP contribution < -0.4 is 14.2 Å². The van der Waals surface area contributed by atoms with E-state index in [4.69, 9.17) is 25.8 Å². The van der Waals surface area contributed by atoms with E-state index in [1.54, 1.807) is 62.8 Å². The molecule has 2 rings (SSSR count). The molecular weight excluding hydrogens is 304 g/mol.